The number of primary amides is 1. The van der Waals surface area contributed by atoms with Crippen molar-refractivity contribution in [1.29, 1.82) is 0 Å². The molecule has 1 amide bonds. The third-order valence-electron chi connectivity index (χ3n) is 6.21. The maximum Gasteiger partial charge on any atom is 0.250 e. The Bertz CT molecular complexity index is 1160. The molecule has 0 radical (unpaired) electrons. The molecule has 4 N–H and O–H groups in total. The van der Waals surface area contributed by atoms with Gasteiger partial charge < -0.3 is 30.2 Å². The van der Waals surface area contributed by atoms with Gasteiger partial charge in [0.05, 0.1) is 17.7 Å². The Morgan fingerprint density at radius 1 is 1.23 bits per heavy atom. The second-order valence-corrected chi connectivity index (χ2v) is 9.28. The highest BCUT2D eigenvalue weighted by atomic mass is 19.1. The standard InChI is InChI=1S/C27H34FN3O4/c1-18(30-8-12-34-25-16-22(28)5-6-24(25)35-17-19-3-4-19)13-20-14-21-7-10-31(9-2-11-32)26(21)23(15-20)27(29)33/h5-7,10,14-16,18-19,30,32H,2-4,8-9,11-13,17H2,1H3,(H2,29,33). The van der Waals surface area contributed by atoms with Gasteiger partial charge in [0.25, 0.3) is 5.91 Å². The van der Waals surface area contributed by atoms with E-state index in [9.17, 15) is 9.18 Å². The molecule has 2 aromatic carbocycles. The molecule has 0 aliphatic heterocycles. The first kappa shape index (κ1) is 25.0. The van der Waals surface area contributed by atoms with Gasteiger partial charge in [0.15, 0.2) is 11.5 Å². The molecule has 4 rings (SSSR count). The van der Waals surface area contributed by atoms with Gasteiger partial charge in [0.2, 0.25) is 0 Å². The fourth-order valence-electron chi connectivity index (χ4n) is 4.24. The molecular formula is C27H34FN3O4. The second-order valence-electron chi connectivity index (χ2n) is 9.28. The zero-order valence-corrected chi connectivity index (χ0v) is 20.1. The van der Waals surface area contributed by atoms with Gasteiger partial charge in [0.1, 0.15) is 12.4 Å². The molecule has 7 nitrogen and oxygen atoms in total. The molecule has 35 heavy (non-hydrogen) atoms. The van der Waals surface area contributed by atoms with Crippen LogP contribution in [0.4, 0.5) is 4.39 Å². The summed E-state index contributed by atoms with van der Waals surface area (Å²) in [4.78, 5) is 12.2. The van der Waals surface area contributed by atoms with Crippen molar-refractivity contribution >= 4 is 16.8 Å². The molecule has 0 spiro atoms. The number of nitrogens with one attached hydrogen (secondary N) is 1. The fourth-order valence-corrected chi connectivity index (χ4v) is 4.24. The topological polar surface area (TPSA) is 98.7 Å². The van der Waals surface area contributed by atoms with Crippen LogP contribution in [0.1, 0.15) is 42.1 Å². The van der Waals surface area contributed by atoms with Gasteiger partial charge >= 0.3 is 0 Å². The van der Waals surface area contributed by atoms with Gasteiger partial charge in [0, 0.05) is 43.4 Å². The number of aliphatic hydroxyl groups excluding tert-OH is 1. The first-order valence-electron chi connectivity index (χ1n) is 12.3. The predicted molar refractivity (Wildman–Crippen MR) is 133 cm³/mol. The largest absolute Gasteiger partial charge is 0.489 e. The lowest BCUT2D eigenvalue weighted by molar-refractivity contribution is 0.100. The summed E-state index contributed by atoms with van der Waals surface area (Å²) in [5.74, 6) is 0.770. The van der Waals surface area contributed by atoms with Crippen LogP contribution in [0.2, 0.25) is 0 Å². The maximum absolute atomic E-state index is 13.7. The van der Waals surface area contributed by atoms with E-state index in [1.807, 2.05) is 22.9 Å². The molecule has 0 saturated heterocycles. The van der Waals surface area contributed by atoms with Crippen LogP contribution >= 0.6 is 0 Å². The number of aliphatic hydroxyl groups is 1. The Hall–Kier alpha value is -3.10. The first-order valence-corrected chi connectivity index (χ1v) is 12.3. The number of aryl methyl sites for hydroxylation is 1. The smallest absolute Gasteiger partial charge is 0.250 e. The fraction of sp³-hybridized carbons (Fsp3) is 0.444. The average Bonchev–Trinajstić information content (AvgIpc) is 3.57. The van der Waals surface area contributed by atoms with E-state index in [2.05, 4.69) is 18.3 Å². The lowest BCUT2D eigenvalue weighted by atomic mass is 10.0. The predicted octanol–water partition coefficient (Wildman–Crippen LogP) is 3.65. The third-order valence-corrected chi connectivity index (χ3v) is 6.21. The van der Waals surface area contributed by atoms with Crippen molar-refractivity contribution in [1.82, 2.24) is 9.88 Å². The van der Waals surface area contributed by atoms with E-state index in [0.717, 1.165) is 16.5 Å². The second kappa shape index (κ2) is 11.6. The SMILES string of the molecule is CC(Cc1cc(C(N)=O)c2c(ccn2CCCO)c1)NCCOc1cc(F)ccc1OCC1CC1. The molecular weight excluding hydrogens is 449 g/mol. The van der Waals surface area contributed by atoms with Crippen LogP contribution in [0.25, 0.3) is 10.9 Å². The van der Waals surface area contributed by atoms with Crippen LogP contribution < -0.4 is 20.5 Å². The summed E-state index contributed by atoms with van der Waals surface area (Å²) in [6.07, 6.45) is 5.60. The average molecular weight is 484 g/mol. The summed E-state index contributed by atoms with van der Waals surface area (Å²) in [5, 5.41) is 13.5. The van der Waals surface area contributed by atoms with Crippen molar-refractivity contribution < 1.29 is 23.8 Å². The summed E-state index contributed by atoms with van der Waals surface area (Å²) in [7, 11) is 0. The molecule has 188 valence electrons. The number of hydrogen-bond acceptors (Lipinski definition) is 5. The lowest BCUT2D eigenvalue weighted by Gasteiger charge is -2.17. The van der Waals surface area contributed by atoms with E-state index in [1.165, 1.54) is 25.0 Å². The minimum Gasteiger partial charge on any atom is -0.489 e. The van der Waals surface area contributed by atoms with Gasteiger partial charge in [-0.2, -0.15) is 0 Å². The maximum atomic E-state index is 13.7. The zero-order chi connectivity index (χ0) is 24.8. The molecule has 1 fully saturated rings. The minimum atomic E-state index is -0.468. The molecule has 0 bridgehead atoms. The van der Waals surface area contributed by atoms with E-state index in [-0.39, 0.29) is 18.5 Å². The quantitative estimate of drug-likeness (QED) is 0.304. The Morgan fingerprint density at radius 3 is 2.80 bits per heavy atom. The van der Waals surface area contributed by atoms with Crippen molar-refractivity contribution in [2.45, 2.75) is 45.2 Å². The van der Waals surface area contributed by atoms with E-state index >= 15 is 0 Å². The van der Waals surface area contributed by atoms with Crippen LogP contribution in [0.3, 0.4) is 0 Å². The molecule has 3 aromatic rings. The summed E-state index contributed by atoms with van der Waals surface area (Å²) in [6, 6.07) is 10.4. The Kier molecular flexibility index (Phi) is 8.25. The van der Waals surface area contributed by atoms with Crippen LogP contribution in [0.15, 0.2) is 42.6 Å². The van der Waals surface area contributed by atoms with Crippen LogP contribution in [0.5, 0.6) is 11.5 Å². The number of nitrogens with two attached hydrogens (primary N) is 1. The number of fused-ring (bicyclic) bond motifs is 1. The molecule has 1 aliphatic rings. The molecule has 1 aromatic heterocycles. The number of rotatable bonds is 14. The number of amides is 1. The Labute approximate surface area is 205 Å². The summed E-state index contributed by atoms with van der Waals surface area (Å²) in [5.41, 5.74) is 7.98. The number of nitrogens with zero attached hydrogens (tertiary/aromatic N) is 1. The highest BCUT2D eigenvalue weighted by Gasteiger charge is 2.22. The van der Waals surface area contributed by atoms with Gasteiger partial charge in [-0.05, 0) is 74.4 Å². The molecule has 1 aliphatic carbocycles. The minimum absolute atomic E-state index is 0.0879. The summed E-state index contributed by atoms with van der Waals surface area (Å²) < 4.78 is 27.3. The van der Waals surface area contributed by atoms with Crippen molar-refractivity contribution in [3.05, 3.63) is 59.5 Å². The van der Waals surface area contributed by atoms with Crippen molar-refractivity contribution in [3.8, 4) is 11.5 Å². The molecule has 1 atom stereocenters. The summed E-state index contributed by atoms with van der Waals surface area (Å²) in [6.45, 7) is 4.35. The van der Waals surface area contributed by atoms with Crippen LogP contribution in [-0.4, -0.2) is 48.0 Å². The highest BCUT2D eigenvalue weighted by Crippen LogP contribution is 2.33. The van der Waals surface area contributed by atoms with E-state index in [1.54, 1.807) is 6.07 Å². The normalized spacial score (nSPS) is 14.3. The molecule has 8 heteroatoms. The van der Waals surface area contributed by atoms with Crippen molar-refractivity contribution in [3.63, 3.8) is 0 Å². The lowest BCUT2D eigenvalue weighted by Crippen LogP contribution is -2.32. The number of carbonyl (C=O) groups is 1. The molecule has 1 saturated carbocycles. The van der Waals surface area contributed by atoms with E-state index < -0.39 is 5.91 Å². The van der Waals surface area contributed by atoms with Gasteiger partial charge in [-0.25, -0.2) is 4.39 Å². The number of ether oxygens (including phenoxy) is 2. The van der Waals surface area contributed by atoms with Crippen LogP contribution in [0, 0.1) is 11.7 Å². The van der Waals surface area contributed by atoms with Gasteiger partial charge in [-0.3, -0.25) is 4.79 Å². The van der Waals surface area contributed by atoms with E-state index in [4.69, 9.17) is 20.3 Å². The molecule has 1 unspecified atom stereocenters. The van der Waals surface area contributed by atoms with E-state index in [0.29, 0.717) is 62.1 Å². The first-order chi connectivity index (χ1) is 16.9. The Balaban J connectivity index is 1.32. The monoisotopic (exact) mass is 483 g/mol. The number of hydrogen-bond donors (Lipinski definition) is 3. The third kappa shape index (κ3) is 6.74. The Morgan fingerprint density at radius 2 is 2.06 bits per heavy atom. The zero-order valence-electron chi connectivity index (χ0n) is 20.1. The highest BCUT2D eigenvalue weighted by molar-refractivity contribution is 6.05. The van der Waals surface area contributed by atoms with Crippen molar-refractivity contribution in [2.24, 2.45) is 11.7 Å². The number of carbonyl (C=O) groups excluding carboxylic acids is 1. The van der Waals surface area contributed by atoms with Crippen molar-refractivity contribution in [2.75, 3.05) is 26.4 Å². The number of benzene rings is 2. The van der Waals surface area contributed by atoms with Gasteiger partial charge in [-0.1, -0.05) is 0 Å². The molecule has 1 heterocycles. The van der Waals surface area contributed by atoms with Crippen LogP contribution in [-0.2, 0) is 13.0 Å². The summed E-state index contributed by atoms with van der Waals surface area (Å²) >= 11 is 0. The van der Waals surface area contributed by atoms with Gasteiger partial charge in [-0.15, -0.1) is 0 Å². The number of aromatic nitrogens is 1. The number of halogens is 1.